The number of ether oxygens (including phenoxy) is 1. The van der Waals surface area contributed by atoms with Crippen LogP contribution in [0.15, 0.2) is 42.6 Å². The Bertz CT molecular complexity index is 1210. The van der Waals surface area contributed by atoms with Gasteiger partial charge >= 0.3 is 5.97 Å². The van der Waals surface area contributed by atoms with Crippen LogP contribution in [0.25, 0.3) is 22.6 Å². The topological polar surface area (TPSA) is 121 Å². The number of esters is 1. The van der Waals surface area contributed by atoms with Crippen molar-refractivity contribution in [2.45, 2.75) is 12.0 Å². The van der Waals surface area contributed by atoms with Gasteiger partial charge in [-0.1, -0.05) is 24.0 Å². The zero-order valence-corrected chi connectivity index (χ0v) is 16.9. The fourth-order valence-electron chi connectivity index (χ4n) is 3.22. The van der Waals surface area contributed by atoms with E-state index >= 15 is 0 Å². The van der Waals surface area contributed by atoms with Gasteiger partial charge in [-0.2, -0.15) is 5.10 Å². The quantitative estimate of drug-likeness (QED) is 0.486. The van der Waals surface area contributed by atoms with Crippen molar-refractivity contribution in [2.75, 3.05) is 20.7 Å². The van der Waals surface area contributed by atoms with Crippen LogP contribution in [0.5, 0.6) is 0 Å². The van der Waals surface area contributed by atoms with Crippen molar-refractivity contribution >= 4 is 11.9 Å². The van der Waals surface area contributed by atoms with Crippen LogP contribution in [-0.4, -0.2) is 68.4 Å². The van der Waals surface area contributed by atoms with Gasteiger partial charge in [-0.05, 0) is 24.3 Å². The zero-order valence-electron chi connectivity index (χ0n) is 16.9. The standard InChI is InChI=1S/C22H19N5O4/c1-27-11-9-22(30,21(27)29)8-6-14-4-3-5-15(12-14)17-13-18(16-7-10-23-26-16)25-19(24-17)20(28)31-2/h3-5,7,10,12-13,30H,9,11H2,1-2H3,(H,23,26)/t22-/m0/s1. The molecule has 1 aromatic carbocycles. The van der Waals surface area contributed by atoms with Crippen LogP contribution in [0.3, 0.4) is 0 Å². The summed E-state index contributed by atoms with van der Waals surface area (Å²) in [5.41, 5.74) is 1.19. The molecule has 31 heavy (non-hydrogen) atoms. The minimum atomic E-state index is -1.68. The van der Waals surface area contributed by atoms with Gasteiger partial charge in [0.25, 0.3) is 5.91 Å². The van der Waals surface area contributed by atoms with Gasteiger partial charge in [-0.15, -0.1) is 0 Å². The molecule has 0 bridgehead atoms. The average Bonchev–Trinajstić information content (AvgIpc) is 3.43. The maximum Gasteiger partial charge on any atom is 0.376 e. The number of benzene rings is 1. The first-order valence-electron chi connectivity index (χ1n) is 9.48. The van der Waals surface area contributed by atoms with Crippen LogP contribution in [0.1, 0.15) is 22.6 Å². The summed E-state index contributed by atoms with van der Waals surface area (Å²) in [6.45, 7) is 0.456. The number of nitrogens with one attached hydrogen (secondary N) is 1. The third kappa shape index (κ3) is 4.01. The van der Waals surface area contributed by atoms with Gasteiger partial charge in [0.15, 0.2) is 0 Å². The second kappa shape index (κ2) is 8.01. The first-order valence-corrected chi connectivity index (χ1v) is 9.48. The van der Waals surface area contributed by atoms with Crippen LogP contribution in [0.2, 0.25) is 0 Å². The van der Waals surface area contributed by atoms with E-state index in [0.717, 1.165) is 0 Å². The normalized spacial score (nSPS) is 17.9. The number of rotatable bonds is 3. The fraction of sp³-hybridized carbons (Fsp3) is 0.227. The highest BCUT2D eigenvalue weighted by Gasteiger charge is 2.42. The molecule has 1 aliphatic heterocycles. The van der Waals surface area contributed by atoms with E-state index in [4.69, 9.17) is 4.74 Å². The van der Waals surface area contributed by atoms with E-state index in [9.17, 15) is 14.7 Å². The predicted octanol–water partition coefficient (Wildman–Crippen LogP) is 1.26. The number of H-pyrrole nitrogens is 1. The summed E-state index contributed by atoms with van der Waals surface area (Å²) < 4.78 is 4.77. The van der Waals surface area contributed by atoms with Crippen LogP contribution in [0.4, 0.5) is 0 Å². The highest BCUT2D eigenvalue weighted by molar-refractivity contribution is 5.90. The number of hydrogen-bond acceptors (Lipinski definition) is 7. The Morgan fingerprint density at radius 1 is 1.26 bits per heavy atom. The highest BCUT2D eigenvalue weighted by atomic mass is 16.5. The molecule has 9 nitrogen and oxygen atoms in total. The van der Waals surface area contributed by atoms with E-state index in [0.29, 0.717) is 34.8 Å². The van der Waals surface area contributed by atoms with Crippen molar-refractivity contribution in [2.24, 2.45) is 0 Å². The molecule has 0 unspecified atom stereocenters. The summed E-state index contributed by atoms with van der Waals surface area (Å²) in [6, 6.07) is 10.6. The Hall–Kier alpha value is -4.03. The molecule has 156 valence electrons. The van der Waals surface area contributed by atoms with Gasteiger partial charge in [0, 0.05) is 37.3 Å². The van der Waals surface area contributed by atoms with Gasteiger partial charge < -0.3 is 14.7 Å². The molecule has 1 atom stereocenters. The first kappa shape index (κ1) is 20.3. The Kier molecular flexibility index (Phi) is 5.23. The van der Waals surface area contributed by atoms with Crippen molar-refractivity contribution in [1.82, 2.24) is 25.1 Å². The average molecular weight is 417 g/mol. The lowest BCUT2D eigenvalue weighted by molar-refractivity contribution is -0.137. The summed E-state index contributed by atoms with van der Waals surface area (Å²) in [5, 5.41) is 17.2. The number of likely N-dealkylation sites (N-methyl/N-ethyl adjacent to an activating group) is 1. The molecule has 1 aliphatic rings. The Morgan fingerprint density at radius 3 is 2.74 bits per heavy atom. The Labute approximate surface area is 178 Å². The van der Waals surface area contributed by atoms with Gasteiger partial charge in [0.1, 0.15) is 0 Å². The Balaban J connectivity index is 1.73. The number of aromatic nitrogens is 4. The summed E-state index contributed by atoms with van der Waals surface area (Å²) >= 11 is 0. The molecule has 3 aromatic rings. The van der Waals surface area contributed by atoms with E-state index in [2.05, 4.69) is 32.0 Å². The molecule has 2 N–H and O–H groups in total. The lowest BCUT2D eigenvalue weighted by Gasteiger charge is -2.13. The van der Waals surface area contributed by atoms with Gasteiger partial charge in [-0.3, -0.25) is 9.89 Å². The number of aromatic amines is 1. The van der Waals surface area contributed by atoms with Gasteiger partial charge in [-0.25, -0.2) is 14.8 Å². The number of hydrogen-bond donors (Lipinski definition) is 2. The van der Waals surface area contributed by atoms with Crippen molar-refractivity contribution < 1.29 is 19.4 Å². The van der Waals surface area contributed by atoms with Crippen LogP contribution >= 0.6 is 0 Å². The SMILES string of the molecule is COC(=O)c1nc(-c2cccc(C#C[C@]3(O)CCN(C)C3=O)c2)cc(-c2ccn[nH]2)n1. The molecule has 1 amide bonds. The monoisotopic (exact) mass is 417 g/mol. The molecule has 4 rings (SSSR count). The second-order valence-electron chi connectivity index (χ2n) is 7.09. The van der Waals surface area contributed by atoms with E-state index in [-0.39, 0.29) is 12.2 Å². The van der Waals surface area contributed by atoms with Crippen molar-refractivity contribution in [3.05, 3.63) is 54.0 Å². The van der Waals surface area contributed by atoms with E-state index < -0.39 is 17.5 Å². The summed E-state index contributed by atoms with van der Waals surface area (Å²) in [5.74, 6) is 4.43. The van der Waals surface area contributed by atoms with Crippen LogP contribution < -0.4 is 0 Å². The third-order valence-electron chi connectivity index (χ3n) is 4.95. The van der Waals surface area contributed by atoms with E-state index in [1.165, 1.54) is 12.0 Å². The largest absolute Gasteiger partial charge is 0.463 e. The number of nitrogens with zero attached hydrogens (tertiary/aromatic N) is 4. The maximum atomic E-state index is 12.1. The second-order valence-corrected chi connectivity index (χ2v) is 7.09. The predicted molar refractivity (Wildman–Crippen MR) is 110 cm³/mol. The van der Waals surface area contributed by atoms with E-state index in [1.807, 2.05) is 6.07 Å². The van der Waals surface area contributed by atoms with Crippen molar-refractivity contribution in [1.29, 1.82) is 0 Å². The highest BCUT2D eigenvalue weighted by Crippen LogP contribution is 2.24. The molecule has 0 aliphatic carbocycles. The van der Waals surface area contributed by atoms with Gasteiger partial charge in [0.05, 0.1) is 24.2 Å². The van der Waals surface area contributed by atoms with E-state index in [1.54, 1.807) is 43.6 Å². The van der Waals surface area contributed by atoms with Crippen molar-refractivity contribution in [3.63, 3.8) is 0 Å². The zero-order chi connectivity index (χ0) is 22.0. The number of amides is 1. The maximum absolute atomic E-state index is 12.1. The van der Waals surface area contributed by atoms with Crippen LogP contribution in [-0.2, 0) is 9.53 Å². The van der Waals surface area contributed by atoms with Gasteiger partial charge in [0.2, 0.25) is 11.4 Å². The summed E-state index contributed by atoms with van der Waals surface area (Å²) in [6.07, 6.45) is 1.84. The summed E-state index contributed by atoms with van der Waals surface area (Å²) in [7, 11) is 2.89. The smallest absolute Gasteiger partial charge is 0.376 e. The Morgan fingerprint density at radius 2 is 2.06 bits per heavy atom. The summed E-state index contributed by atoms with van der Waals surface area (Å²) in [4.78, 5) is 34.2. The number of likely N-dealkylation sites (tertiary alicyclic amines) is 1. The van der Waals surface area contributed by atoms with Crippen molar-refractivity contribution in [3.8, 4) is 34.5 Å². The first-order chi connectivity index (χ1) is 14.9. The molecular weight excluding hydrogens is 398 g/mol. The minimum absolute atomic E-state index is 0.0880. The molecule has 9 heteroatoms. The lowest BCUT2D eigenvalue weighted by Crippen LogP contribution is -2.37. The molecule has 1 fully saturated rings. The number of carbonyl (C=O) groups is 2. The number of methoxy groups -OCH3 is 1. The van der Waals surface area contributed by atoms with Crippen LogP contribution in [0, 0.1) is 11.8 Å². The molecule has 1 saturated heterocycles. The fourth-order valence-corrected chi connectivity index (χ4v) is 3.22. The third-order valence-corrected chi connectivity index (χ3v) is 4.95. The molecule has 3 heterocycles. The number of carbonyl (C=O) groups excluding carboxylic acids is 2. The molecule has 0 spiro atoms. The minimum Gasteiger partial charge on any atom is -0.463 e. The molecule has 2 aromatic heterocycles. The number of aliphatic hydroxyl groups is 1. The molecular formula is C22H19N5O4. The molecule has 0 saturated carbocycles. The molecule has 0 radical (unpaired) electrons. The lowest BCUT2D eigenvalue weighted by atomic mass is 10.0.